The van der Waals surface area contributed by atoms with Gasteiger partial charge in [0, 0.05) is 34.0 Å². The predicted octanol–water partition coefficient (Wildman–Crippen LogP) is 11.0. The van der Waals surface area contributed by atoms with Gasteiger partial charge in [-0.15, -0.1) is 0 Å². The molecule has 10 rings (SSSR count). The van der Waals surface area contributed by atoms with Crippen molar-refractivity contribution in [3.63, 3.8) is 0 Å². The Balaban J connectivity index is 1.21. The van der Waals surface area contributed by atoms with E-state index in [0.29, 0.717) is 57.3 Å². The molecular formula is C50H38N2O6. The number of hydrogen-bond donors (Lipinski definition) is 0. The number of ether oxygens (including phenoxy) is 2. The van der Waals surface area contributed by atoms with E-state index in [4.69, 9.17) is 9.47 Å². The average Bonchev–Trinajstić information content (AvgIpc) is 3.94. The molecule has 6 aromatic carbocycles. The molecule has 284 valence electrons. The Bertz CT molecular complexity index is 2800. The Morgan fingerprint density at radius 2 is 0.948 bits per heavy atom. The summed E-state index contributed by atoms with van der Waals surface area (Å²) in [6, 6.07) is 25.8. The maximum absolute atomic E-state index is 15.2. The van der Waals surface area contributed by atoms with Crippen LogP contribution in [0.25, 0.3) is 43.5 Å². The number of imide groups is 2. The van der Waals surface area contributed by atoms with Crippen LogP contribution in [0.1, 0.15) is 93.1 Å². The summed E-state index contributed by atoms with van der Waals surface area (Å²) in [6.45, 7) is 7.71. The molecule has 0 spiro atoms. The van der Waals surface area contributed by atoms with Gasteiger partial charge in [0.15, 0.2) is 0 Å². The zero-order valence-electron chi connectivity index (χ0n) is 32.5. The first kappa shape index (κ1) is 35.4. The minimum absolute atomic E-state index is 0.149. The molecular weight excluding hydrogens is 725 g/mol. The van der Waals surface area contributed by atoms with Gasteiger partial charge in [-0.1, -0.05) is 60.7 Å². The third kappa shape index (κ3) is 5.50. The van der Waals surface area contributed by atoms with Crippen molar-refractivity contribution in [2.24, 2.45) is 0 Å². The smallest absolute Gasteiger partial charge is 0.266 e. The minimum Gasteiger partial charge on any atom is -0.491 e. The highest BCUT2D eigenvalue weighted by Gasteiger charge is 2.43. The van der Waals surface area contributed by atoms with Crippen molar-refractivity contribution in [2.75, 3.05) is 9.80 Å². The standard InChI is InChI=1S/C50H38N2O6/c1-27(2)57-37-21-33(29-11-5-6-12-29)19-35(25-37)51-47(53)39-17-18-40-44-43(39)45(49(51)55)41-23-31-15-9-10-16-32(31)24-42(41)46(44)50(56)52(48(40)54)36-20-34(30-13-7-8-14-30)22-38(26-36)58-28(3)4/h5-11,13,15-28H,12,14H2,1-4H3. The third-order valence-corrected chi connectivity index (χ3v) is 11.2. The summed E-state index contributed by atoms with van der Waals surface area (Å²) in [7, 11) is 0. The van der Waals surface area contributed by atoms with E-state index in [1.54, 1.807) is 24.3 Å². The van der Waals surface area contributed by atoms with Gasteiger partial charge in [-0.05, 0) is 133 Å². The summed E-state index contributed by atoms with van der Waals surface area (Å²) in [6.07, 6.45) is 13.2. The highest BCUT2D eigenvalue weighted by molar-refractivity contribution is 6.46. The van der Waals surface area contributed by atoms with Gasteiger partial charge in [-0.3, -0.25) is 19.2 Å². The van der Waals surface area contributed by atoms with Gasteiger partial charge < -0.3 is 9.47 Å². The molecule has 2 aliphatic heterocycles. The highest BCUT2D eigenvalue weighted by atomic mass is 16.5. The van der Waals surface area contributed by atoms with Crippen LogP contribution in [0.3, 0.4) is 0 Å². The van der Waals surface area contributed by atoms with Crippen molar-refractivity contribution in [3.05, 3.63) is 155 Å². The van der Waals surface area contributed by atoms with Gasteiger partial charge in [-0.2, -0.15) is 0 Å². The molecule has 2 heterocycles. The number of allylic oxidation sites excluding steroid dienone is 8. The molecule has 0 aromatic heterocycles. The number of hydrogen-bond acceptors (Lipinski definition) is 6. The topological polar surface area (TPSA) is 93.2 Å². The number of amides is 4. The SMILES string of the molecule is CC(C)Oc1cc(C2=CC=CC2)cc(N2C(=O)c3ccc4c5c(c6cc7ccccc7cc6c(c35)C2=O)C(=O)N(c2cc(OC(C)C)cc(C3=CC=CC3)c2)C4=O)c1. The molecule has 8 nitrogen and oxygen atoms in total. The largest absolute Gasteiger partial charge is 0.491 e. The van der Waals surface area contributed by atoms with Crippen molar-refractivity contribution in [2.45, 2.75) is 52.7 Å². The molecule has 0 saturated carbocycles. The van der Waals surface area contributed by atoms with Crippen LogP contribution < -0.4 is 19.3 Å². The fourth-order valence-electron chi connectivity index (χ4n) is 8.76. The van der Waals surface area contributed by atoms with Crippen LogP contribution in [-0.4, -0.2) is 35.8 Å². The zero-order valence-corrected chi connectivity index (χ0v) is 32.5. The van der Waals surface area contributed by atoms with Gasteiger partial charge in [0.25, 0.3) is 23.6 Å². The number of benzene rings is 6. The minimum atomic E-state index is -0.551. The molecule has 6 aromatic rings. The number of rotatable bonds is 8. The second-order valence-electron chi connectivity index (χ2n) is 15.7. The number of anilines is 2. The molecule has 4 aliphatic rings. The molecule has 4 amide bonds. The molecule has 0 atom stereocenters. The maximum atomic E-state index is 15.2. The van der Waals surface area contributed by atoms with E-state index in [0.717, 1.165) is 33.0 Å². The molecule has 0 saturated heterocycles. The van der Waals surface area contributed by atoms with Crippen molar-refractivity contribution in [1.82, 2.24) is 0 Å². The molecule has 58 heavy (non-hydrogen) atoms. The van der Waals surface area contributed by atoms with Crippen LogP contribution in [0.15, 0.2) is 121 Å². The van der Waals surface area contributed by atoms with Gasteiger partial charge in [0.05, 0.1) is 34.7 Å². The van der Waals surface area contributed by atoms with E-state index in [2.05, 4.69) is 12.2 Å². The van der Waals surface area contributed by atoms with Crippen LogP contribution in [-0.2, 0) is 0 Å². The molecule has 0 bridgehead atoms. The van der Waals surface area contributed by atoms with E-state index in [9.17, 15) is 9.59 Å². The van der Waals surface area contributed by atoms with Crippen LogP contribution >= 0.6 is 0 Å². The molecule has 8 heteroatoms. The molecule has 0 fully saturated rings. The van der Waals surface area contributed by atoms with Gasteiger partial charge in [0.2, 0.25) is 0 Å². The second kappa shape index (κ2) is 13.3. The third-order valence-electron chi connectivity index (χ3n) is 11.2. The lowest BCUT2D eigenvalue weighted by Crippen LogP contribution is -2.44. The number of fused-ring (bicyclic) bond motifs is 4. The van der Waals surface area contributed by atoms with Crippen molar-refractivity contribution in [1.29, 1.82) is 0 Å². The van der Waals surface area contributed by atoms with E-state index < -0.39 is 23.6 Å². The van der Waals surface area contributed by atoms with Gasteiger partial charge in [0.1, 0.15) is 11.5 Å². The first-order chi connectivity index (χ1) is 28.0. The maximum Gasteiger partial charge on any atom is 0.266 e. The number of carbonyl (C=O) groups is 4. The summed E-state index contributed by atoms with van der Waals surface area (Å²) in [5.74, 6) is -1.13. The normalized spacial score (nSPS) is 15.9. The quantitative estimate of drug-likeness (QED) is 0.113. The highest BCUT2D eigenvalue weighted by Crippen LogP contribution is 2.47. The second-order valence-corrected chi connectivity index (χ2v) is 15.7. The summed E-state index contributed by atoms with van der Waals surface area (Å²) in [5.41, 5.74) is 5.48. The Morgan fingerprint density at radius 1 is 0.517 bits per heavy atom. The monoisotopic (exact) mass is 762 g/mol. The predicted molar refractivity (Wildman–Crippen MR) is 229 cm³/mol. The lowest BCUT2D eigenvalue weighted by atomic mass is 9.81. The van der Waals surface area contributed by atoms with E-state index >= 15 is 9.59 Å². The molecule has 2 aliphatic carbocycles. The molecule has 0 unspecified atom stereocenters. The fourth-order valence-corrected chi connectivity index (χ4v) is 8.76. The van der Waals surface area contributed by atoms with Crippen molar-refractivity contribution < 1.29 is 28.7 Å². The lowest BCUT2D eigenvalue weighted by Gasteiger charge is -2.34. The molecule has 0 N–H and O–H groups in total. The van der Waals surface area contributed by atoms with Crippen molar-refractivity contribution in [3.8, 4) is 11.5 Å². The van der Waals surface area contributed by atoms with Crippen LogP contribution in [0.5, 0.6) is 11.5 Å². The van der Waals surface area contributed by atoms with Gasteiger partial charge >= 0.3 is 0 Å². The average molecular weight is 763 g/mol. The van der Waals surface area contributed by atoms with Crippen molar-refractivity contribution >= 4 is 78.5 Å². The lowest BCUT2D eigenvalue weighted by molar-refractivity contribution is 0.0874. The summed E-state index contributed by atoms with van der Waals surface area (Å²) >= 11 is 0. The Hall–Kier alpha value is -7.06. The fraction of sp³-hybridized carbons (Fsp3) is 0.160. The van der Waals surface area contributed by atoms with E-state index in [1.807, 2.05) is 113 Å². The Kier molecular flexibility index (Phi) is 8.09. The summed E-state index contributed by atoms with van der Waals surface area (Å²) in [5, 5.41) is 3.36. The van der Waals surface area contributed by atoms with Crippen LogP contribution in [0.2, 0.25) is 0 Å². The molecule has 0 radical (unpaired) electrons. The number of carbonyl (C=O) groups excluding carboxylic acids is 4. The van der Waals surface area contributed by atoms with E-state index in [-0.39, 0.29) is 34.5 Å². The van der Waals surface area contributed by atoms with E-state index in [1.165, 1.54) is 9.80 Å². The van der Waals surface area contributed by atoms with Crippen LogP contribution in [0, 0.1) is 0 Å². The first-order valence-corrected chi connectivity index (χ1v) is 19.6. The van der Waals surface area contributed by atoms with Gasteiger partial charge in [-0.25, -0.2) is 9.80 Å². The first-order valence-electron chi connectivity index (χ1n) is 19.6. The summed E-state index contributed by atoms with van der Waals surface area (Å²) < 4.78 is 12.3. The summed E-state index contributed by atoms with van der Waals surface area (Å²) in [4.78, 5) is 62.5. The Labute approximate surface area is 335 Å². The number of nitrogens with zero attached hydrogens (tertiary/aromatic N) is 2. The zero-order chi connectivity index (χ0) is 40.0. The van der Waals surface area contributed by atoms with Crippen LogP contribution in [0.4, 0.5) is 11.4 Å². The Morgan fingerprint density at radius 3 is 1.33 bits per heavy atom.